The number of hydrogen-bond acceptors (Lipinski definition) is 3. The van der Waals surface area contributed by atoms with Crippen LogP contribution in [0.4, 0.5) is 4.79 Å². The molecule has 2 aromatic rings. The highest BCUT2D eigenvalue weighted by Gasteiger charge is 2.30. The fourth-order valence-electron chi connectivity index (χ4n) is 3.06. The van der Waals surface area contributed by atoms with Gasteiger partial charge in [-0.25, -0.2) is 4.79 Å². The molecule has 1 saturated heterocycles. The van der Waals surface area contributed by atoms with E-state index >= 15 is 0 Å². The number of rotatable bonds is 4. The molecule has 0 radical (unpaired) electrons. The summed E-state index contributed by atoms with van der Waals surface area (Å²) in [5, 5.41) is 13.1. The Balaban J connectivity index is 1.87. The van der Waals surface area contributed by atoms with E-state index < -0.39 is 6.04 Å². The molecular formula is C18H20ClN3O2. The molecule has 0 aliphatic carbocycles. The smallest absolute Gasteiger partial charge is 0.318 e. The van der Waals surface area contributed by atoms with Crippen molar-refractivity contribution in [2.45, 2.75) is 24.9 Å². The highest BCUT2D eigenvalue weighted by molar-refractivity contribution is 6.30. The number of likely N-dealkylation sites (tertiary alicyclic amines) is 1. The number of urea groups is 1. The summed E-state index contributed by atoms with van der Waals surface area (Å²) >= 11 is 6.11. The van der Waals surface area contributed by atoms with E-state index in [9.17, 15) is 9.90 Å². The maximum absolute atomic E-state index is 12.7. The quantitative estimate of drug-likeness (QED) is 0.895. The summed E-state index contributed by atoms with van der Waals surface area (Å²) in [6.45, 7) is 0.639. The number of amides is 2. The van der Waals surface area contributed by atoms with Crippen LogP contribution in [0.3, 0.4) is 0 Å². The molecule has 0 unspecified atom stereocenters. The van der Waals surface area contributed by atoms with Crippen LogP contribution >= 0.6 is 11.6 Å². The standard InChI is InChI=1S/C18H20ClN3O2/c19-14-6-3-5-13(11-14)17(16-8-1-2-9-20-16)21-18(24)22-10-4-7-15(22)12-23/h1-3,5-6,8-9,11,15,17,23H,4,7,10,12H2,(H,21,24)/t15-,17-/m1/s1. The maximum atomic E-state index is 12.7. The largest absolute Gasteiger partial charge is 0.394 e. The first-order chi connectivity index (χ1) is 11.7. The summed E-state index contributed by atoms with van der Waals surface area (Å²) in [6.07, 6.45) is 3.44. The van der Waals surface area contributed by atoms with E-state index in [1.165, 1.54) is 0 Å². The lowest BCUT2D eigenvalue weighted by Crippen LogP contribution is -2.45. The minimum absolute atomic E-state index is 0.0150. The van der Waals surface area contributed by atoms with Gasteiger partial charge < -0.3 is 15.3 Å². The molecule has 2 atom stereocenters. The SMILES string of the molecule is O=C(N[C@H](c1cccc(Cl)c1)c1ccccn1)N1CCC[C@@H]1CO. The number of halogens is 1. The number of nitrogens with one attached hydrogen (secondary N) is 1. The molecule has 6 heteroatoms. The Bertz CT molecular complexity index is 696. The normalized spacial score (nSPS) is 18.4. The van der Waals surface area contributed by atoms with Crippen molar-refractivity contribution in [2.75, 3.05) is 13.2 Å². The fraction of sp³-hybridized carbons (Fsp3) is 0.333. The Labute approximate surface area is 146 Å². The van der Waals surface area contributed by atoms with Gasteiger partial charge in [0.1, 0.15) is 0 Å². The van der Waals surface area contributed by atoms with Gasteiger partial charge in [0.15, 0.2) is 0 Å². The number of aromatic nitrogens is 1. The first-order valence-electron chi connectivity index (χ1n) is 8.03. The van der Waals surface area contributed by atoms with E-state index in [1.807, 2.05) is 36.4 Å². The lowest BCUT2D eigenvalue weighted by Gasteiger charge is -2.27. The van der Waals surface area contributed by atoms with Gasteiger partial charge in [-0.15, -0.1) is 0 Å². The topological polar surface area (TPSA) is 65.5 Å². The Hall–Kier alpha value is -2.11. The molecule has 1 aliphatic rings. The number of carbonyl (C=O) groups excluding carboxylic acids is 1. The first-order valence-corrected chi connectivity index (χ1v) is 8.41. The predicted molar refractivity (Wildman–Crippen MR) is 92.9 cm³/mol. The molecule has 24 heavy (non-hydrogen) atoms. The Morgan fingerprint density at radius 2 is 2.25 bits per heavy atom. The molecule has 5 nitrogen and oxygen atoms in total. The lowest BCUT2D eigenvalue weighted by atomic mass is 10.0. The van der Waals surface area contributed by atoms with E-state index in [0.29, 0.717) is 11.6 Å². The monoisotopic (exact) mass is 345 g/mol. The number of carbonyl (C=O) groups is 1. The second-order valence-electron chi connectivity index (χ2n) is 5.86. The van der Waals surface area contributed by atoms with Gasteiger partial charge in [-0.3, -0.25) is 4.98 Å². The van der Waals surface area contributed by atoms with Crippen molar-refractivity contribution < 1.29 is 9.90 Å². The molecule has 1 fully saturated rings. The van der Waals surface area contributed by atoms with E-state index in [0.717, 1.165) is 24.1 Å². The van der Waals surface area contributed by atoms with Crippen LogP contribution in [0.25, 0.3) is 0 Å². The van der Waals surface area contributed by atoms with Crippen LogP contribution in [0.2, 0.25) is 5.02 Å². The molecule has 1 aromatic carbocycles. The van der Waals surface area contributed by atoms with Crippen LogP contribution < -0.4 is 5.32 Å². The molecule has 3 rings (SSSR count). The van der Waals surface area contributed by atoms with Crippen molar-refractivity contribution in [3.8, 4) is 0 Å². The second-order valence-corrected chi connectivity index (χ2v) is 6.30. The number of benzene rings is 1. The van der Waals surface area contributed by atoms with Gasteiger partial charge in [0.2, 0.25) is 0 Å². The Morgan fingerprint density at radius 3 is 2.96 bits per heavy atom. The van der Waals surface area contributed by atoms with Gasteiger partial charge in [-0.05, 0) is 42.7 Å². The van der Waals surface area contributed by atoms with Crippen LogP contribution in [0.1, 0.15) is 30.1 Å². The molecule has 2 heterocycles. The summed E-state index contributed by atoms with van der Waals surface area (Å²) in [6, 6.07) is 12.3. The van der Waals surface area contributed by atoms with Gasteiger partial charge in [0, 0.05) is 17.8 Å². The molecule has 0 saturated carbocycles. The molecule has 0 bridgehead atoms. The zero-order valence-electron chi connectivity index (χ0n) is 13.2. The summed E-state index contributed by atoms with van der Waals surface area (Å²) in [5.74, 6) is 0. The summed E-state index contributed by atoms with van der Waals surface area (Å²) in [5.41, 5.74) is 1.61. The van der Waals surface area contributed by atoms with Crippen LogP contribution in [0, 0.1) is 0 Å². The summed E-state index contributed by atoms with van der Waals surface area (Å²) in [7, 11) is 0. The van der Waals surface area contributed by atoms with Gasteiger partial charge >= 0.3 is 6.03 Å². The summed E-state index contributed by atoms with van der Waals surface area (Å²) in [4.78, 5) is 18.8. The van der Waals surface area contributed by atoms with Gasteiger partial charge in [-0.1, -0.05) is 29.8 Å². The van der Waals surface area contributed by atoms with Crippen molar-refractivity contribution in [1.29, 1.82) is 0 Å². The molecular weight excluding hydrogens is 326 g/mol. The Kier molecular flexibility index (Phi) is 5.33. The van der Waals surface area contributed by atoms with Crippen molar-refractivity contribution in [3.63, 3.8) is 0 Å². The number of nitrogens with zero attached hydrogens (tertiary/aromatic N) is 2. The average Bonchev–Trinajstić information content (AvgIpc) is 3.09. The van der Waals surface area contributed by atoms with Crippen molar-refractivity contribution >= 4 is 17.6 Å². The zero-order valence-corrected chi connectivity index (χ0v) is 14.0. The van der Waals surface area contributed by atoms with Crippen molar-refractivity contribution in [2.24, 2.45) is 0 Å². The van der Waals surface area contributed by atoms with Crippen LogP contribution in [0.15, 0.2) is 48.7 Å². The van der Waals surface area contributed by atoms with Gasteiger partial charge in [-0.2, -0.15) is 0 Å². The van der Waals surface area contributed by atoms with Crippen molar-refractivity contribution in [1.82, 2.24) is 15.2 Å². The van der Waals surface area contributed by atoms with Crippen LogP contribution in [-0.4, -0.2) is 40.2 Å². The van der Waals surface area contributed by atoms with Crippen LogP contribution in [-0.2, 0) is 0 Å². The fourth-order valence-corrected chi connectivity index (χ4v) is 3.26. The minimum Gasteiger partial charge on any atom is -0.394 e. The maximum Gasteiger partial charge on any atom is 0.318 e. The summed E-state index contributed by atoms with van der Waals surface area (Å²) < 4.78 is 0. The molecule has 126 valence electrons. The van der Waals surface area contributed by atoms with E-state index in [2.05, 4.69) is 10.3 Å². The number of hydrogen-bond donors (Lipinski definition) is 2. The van der Waals surface area contributed by atoms with Gasteiger partial charge in [0.05, 0.1) is 24.4 Å². The number of aliphatic hydroxyl groups excluding tert-OH is 1. The van der Waals surface area contributed by atoms with E-state index in [1.54, 1.807) is 17.2 Å². The third kappa shape index (κ3) is 3.68. The zero-order chi connectivity index (χ0) is 16.9. The average molecular weight is 346 g/mol. The third-order valence-electron chi connectivity index (χ3n) is 4.28. The predicted octanol–water partition coefficient (Wildman–Crippen LogP) is 2.99. The van der Waals surface area contributed by atoms with E-state index in [4.69, 9.17) is 11.6 Å². The second kappa shape index (κ2) is 7.64. The molecule has 2 N–H and O–H groups in total. The lowest BCUT2D eigenvalue weighted by molar-refractivity contribution is 0.155. The van der Waals surface area contributed by atoms with Gasteiger partial charge in [0.25, 0.3) is 0 Å². The Morgan fingerprint density at radius 1 is 1.38 bits per heavy atom. The third-order valence-corrected chi connectivity index (χ3v) is 4.52. The van der Waals surface area contributed by atoms with E-state index in [-0.39, 0.29) is 18.7 Å². The molecule has 1 aliphatic heterocycles. The highest BCUT2D eigenvalue weighted by Crippen LogP contribution is 2.24. The van der Waals surface area contributed by atoms with Crippen molar-refractivity contribution in [3.05, 3.63) is 64.9 Å². The molecule has 0 spiro atoms. The first kappa shape index (κ1) is 16.7. The minimum atomic E-state index is -0.391. The number of aliphatic hydroxyl groups is 1. The number of pyridine rings is 1. The molecule has 1 aromatic heterocycles. The highest BCUT2D eigenvalue weighted by atomic mass is 35.5. The molecule has 2 amide bonds. The van der Waals surface area contributed by atoms with Crippen LogP contribution in [0.5, 0.6) is 0 Å².